The van der Waals surface area contributed by atoms with Gasteiger partial charge >= 0.3 is 0 Å². The molecule has 1 rings (SSSR count). The molecular weight excluding hydrogens is 143 g/mol. The Balaban J connectivity index is 2.52. The van der Waals surface area contributed by atoms with Gasteiger partial charge in [-0.3, -0.25) is 0 Å². The van der Waals surface area contributed by atoms with Crippen molar-refractivity contribution in [2.24, 2.45) is 0 Å². The molecule has 1 radical (unpaired) electrons. The van der Waals surface area contributed by atoms with Gasteiger partial charge in [-0.2, -0.15) is 0 Å². The van der Waals surface area contributed by atoms with E-state index < -0.39 is 0 Å². The number of hydrogen-bond donors (Lipinski definition) is 0. The van der Waals surface area contributed by atoms with E-state index in [2.05, 4.69) is 52.3 Å². The van der Waals surface area contributed by atoms with Crippen molar-refractivity contribution in [1.29, 1.82) is 0 Å². The summed E-state index contributed by atoms with van der Waals surface area (Å²) in [6, 6.07) is 8.70. The molecular formula is C11H16B. The van der Waals surface area contributed by atoms with Crippen LogP contribution in [-0.4, -0.2) is 7.28 Å². The second kappa shape index (κ2) is 4.35. The van der Waals surface area contributed by atoms with Crippen LogP contribution in [0.2, 0.25) is 5.82 Å². The highest BCUT2D eigenvalue weighted by Crippen LogP contribution is 2.07. The lowest BCUT2D eigenvalue weighted by atomic mass is 9.62. The third-order valence-electron chi connectivity index (χ3n) is 1.91. The van der Waals surface area contributed by atoms with Gasteiger partial charge < -0.3 is 0 Å². The van der Waals surface area contributed by atoms with Crippen LogP contribution in [0, 0.1) is 6.92 Å². The molecule has 0 saturated heterocycles. The van der Waals surface area contributed by atoms with Crippen molar-refractivity contribution in [2.75, 3.05) is 0 Å². The van der Waals surface area contributed by atoms with Crippen molar-refractivity contribution in [1.82, 2.24) is 0 Å². The first-order valence-electron chi connectivity index (χ1n) is 4.57. The van der Waals surface area contributed by atoms with Crippen LogP contribution < -0.4 is 0 Å². The van der Waals surface area contributed by atoms with Gasteiger partial charge in [0.2, 0.25) is 0 Å². The number of rotatable bonds is 3. The molecule has 0 N–H and O–H groups in total. The van der Waals surface area contributed by atoms with Crippen molar-refractivity contribution in [3.8, 4) is 0 Å². The summed E-state index contributed by atoms with van der Waals surface area (Å²) in [5.74, 6) is 0.686. The van der Waals surface area contributed by atoms with Crippen LogP contribution in [-0.2, 0) is 6.32 Å². The zero-order chi connectivity index (χ0) is 8.97. The Morgan fingerprint density at radius 3 is 2.67 bits per heavy atom. The number of benzene rings is 1. The van der Waals surface area contributed by atoms with Crippen LogP contribution in [0.1, 0.15) is 25.0 Å². The second-order valence-corrected chi connectivity index (χ2v) is 3.67. The lowest BCUT2D eigenvalue weighted by Gasteiger charge is -2.03. The van der Waals surface area contributed by atoms with Gasteiger partial charge in [0.05, 0.1) is 0 Å². The van der Waals surface area contributed by atoms with Gasteiger partial charge in [-0.05, 0) is 6.92 Å². The van der Waals surface area contributed by atoms with Crippen LogP contribution in [0.3, 0.4) is 0 Å². The van der Waals surface area contributed by atoms with Crippen LogP contribution in [0.5, 0.6) is 0 Å². The third-order valence-corrected chi connectivity index (χ3v) is 1.91. The molecule has 0 fully saturated rings. The van der Waals surface area contributed by atoms with Gasteiger partial charge in [-0.15, -0.1) is 0 Å². The zero-order valence-corrected chi connectivity index (χ0v) is 8.17. The average molecular weight is 159 g/mol. The largest absolute Gasteiger partial charge is 0.118 e. The van der Waals surface area contributed by atoms with Gasteiger partial charge in [0.1, 0.15) is 7.28 Å². The zero-order valence-electron chi connectivity index (χ0n) is 8.17. The molecule has 0 nitrogen and oxygen atoms in total. The maximum Gasteiger partial charge on any atom is 0.118 e. The maximum absolute atomic E-state index is 2.34. The van der Waals surface area contributed by atoms with E-state index in [1.807, 2.05) is 0 Å². The van der Waals surface area contributed by atoms with Gasteiger partial charge in [0.15, 0.2) is 0 Å². The van der Waals surface area contributed by atoms with Crippen molar-refractivity contribution < 1.29 is 0 Å². The minimum Gasteiger partial charge on any atom is -0.0741 e. The molecule has 1 heteroatoms. The minimum atomic E-state index is 0.686. The first kappa shape index (κ1) is 9.37. The van der Waals surface area contributed by atoms with E-state index in [0.717, 1.165) is 6.32 Å². The third kappa shape index (κ3) is 3.12. The highest BCUT2D eigenvalue weighted by molar-refractivity contribution is 6.36. The fourth-order valence-electron chi connectivity index (χ4n) is 1.21. The molecule has 12 heavy (non-hydrogen) atoms. The summed E-state index contributed by atoms with van der Waals surface area (Å²) < 4.78 is 0. The van der Waals surface area contributed by atoms with Crippen molar-refractivity contribution in [3.05, 3.63) is 35.4 Å². The SMILES string of the molecule is Cc1cccc(C[B]C(C)C)c1. The highest BCUT2D eigenvalue weighted by atomic mass is 13.9. The fraction of sp³-hybridized carbons (Fsp3) is 0.455. The molecule has 0 unspecified atom stereocenters. The second-order valence-electron chi connectivity index (χ2n) is 3.67. The van der Waals surface area contributed by atoms with Gasteiger partial charge in [0.25, 0.3) is 0 Å². The van der Waals surface area contributed by atoms with Crippen LogP contribution in [0.15, 0.2) is 24.3 Å². The van der Waals surface area contributed by atoms with E-state index >= 15 is 0 Å². The summed E-state index contributed by atoms with van der Waals surface area (Å²) in [6.07, 6.45) is 1.10. The minimum absolute atomic E-state index is 0.686. The topological polar surface area (TPSA) is 0 Å². The molecule has 0 amide bonds. The molecule has 0 aromatic heterocycles. The monoisotopic (exact) mass is 159 g/mol. The summed E-state index contributed by atoms with van der Waals surface area (Å²) in [5.41, 5.74) is 2.77. The lowest BCUT2D eigenvalue weighted by Crippen LogP contribution is -2.00. The molecule has 1 aromatic carbocycles. The first-order chi connectivity index (χ1) is 5.68. The summed E-state index contributed by atoms with van der Waals surface area (Å²) in [4.78, 5) is 0. The predicted molar refractivity (Wildman–Crippen MR) is 55.7 cm³/mol. The first-order valence-corrected chi connectivity index (χ1v) is 4.57. The molecule has 0 aliphatic carbocycles. The molecule has 0 spiro atoms. The van der Waals surface area contributed by atoms with Crippen LogP contribution in [0.4, 0.5) is 0 Å². The Bertz CT molecular complexity index is 241. The van der Waals surface area contributed by atoms with Gasteiger partial charge in [-0.1, -0.05) is 61.4 Å². The summed E-state index contributed by atoms with van der Waals surface area (Å²) >= 11 is 0. The Morgan fingerprint density at radius 2 is 2.08 bits per heavy atom. The number of hydrogen-bond acceptors (Lipinski definition) is 0. The highest BCUT2D eigenvalue weighted by Gasteiger charge is 1.98. The van der Waals surface area contributed by atoms with Gasteiger partial charge in [0, 0.05) is 0 Å². The van der Waals surface area contributed by atoms with Crippen molar-refractivity contribution in [3.63, 3.8) is 0 Å². The Kier molecular flexibility index (Phi) is 3.39. The molecule has 0 aliphatic rings. The number of aryl methyl sites for hydroxylation is 1. The van der Waals surface area contributed by atoms with Gasteiger partial charge in [-0.25, -0.2) is 0 Å². The standard InChI is InChI=1S/C11H16B/c1-9(2)12-8-11-6-4-5-10(3)7-11/h4-7,9H,8H2,1-3H3. The molecule has 1 aromatic rings. The predicted octanol–water partition coefficient (Wildman–Crippen LogP) is 3.03. The van der Waals surface area contributed by atoms with E-state index in [1.165, 1.54) is 11.1 Å². The normalized spacial score (nSPS) is 10.3. The smallest absolute Gasteiger partial charge is 0.0741 e. The molecule has 0 heterocycles. The van der Waals surface area contributed by atoms with E-state index in [-0.39, 0.29) is 0 Å². The Morgan fingerprint density at radius 1 is 1.33 bits per heavy atom. The fourth-order valence-corrected chi connectivity index (χ4v) is 1.21. The Hall–Kier alpha value is -0.715. The summed E-state index contributed by atoms with van der Waals surface area (Å²) in [5, 5.41) is 0. The van der Waals surface area contributed by atoms with Crippen LogP contribution >= 0.6 is 0 Å². The van der Waals surface area contributed by atoms with E-state index in [4.69, 9.17) is 0 Å². The molecule has 0 bridgehead atoms. The summed E-state index contributed by atoms with van der Waals surface area (Å²) in [7, 11) is 2.34. The van der Waals surface area contributed by atoms with Crippen molar-refractivity contribution >= 4 is 7.28 Å². The van der Waals surface area contributed by atoms with E-state index in [1.54, 1.807) is 0 Å². The Labute approximate surface area is 76.2 Å². The van der Waals surface area contributed by atoms with E-state index in [0.29, 0.717) is 5.82 Å². The molecule has 0 atom stereocenters. The molecule has 0 saturated carbocycles. The maximum atomic E-state index is 2.34. The quantitative estimate of drug-likeness (QED) is 0.594. The molecule has 0 aliphatic heterocycles. The van der Waals surface area contributed by atoms with Crippen molar-refractivity contribution in [2.45, 2.75) is 32.9 Å². The van der Waals surface area contributed by atoms with E-state index in [9.17, 15) is 0 Å². The lowest BCUT2D eigenvalue weighted by molar-refractivity contribution is 1.04. The summed E-state index contributed by atoms with van der Waals surface area (Å²) in [6.45, 7) is 6.57. The van der Waals surface area contributed by atoms with Crippen LogP contribution in [0.25, 0.3) is 0 Å². The molecule has 63 valence electrons. The average Bonchev–Trinajstić information content (AvgIpc) is 2.01.